The maximum Gasteiger partial charge on any atom is 0.418 e. The first kappa shape index (κ1) is 35.5. The molecule has 0 radical (unpaired) electrons. The number of amidine groups is 1. The van der Waals surface area contributed by atoms with Gasteiger partial charge < -0.3 is 36.8 Å². The highest BCUT2D eigenvalue weighted by Crippen LogP contribution is 2.49. The largest absolute Gasteiger partial charge is 0.485 e. The fourth-order valence-corrected chi connectivity index (χ4v) is 7.77. The second kappa shape index (κ2) is 12.7. The molecule has 2 aromatic rings. The lowest BCUT2D eigenvalue weighted by atomic mass is 9.84. The molecule has 3 unspecified atom stereocenters. The van der Waals surface area contributed by atoms with Crippen LogP contribution in [0, 0.1) is 17.2 Å². The van der Waals surface area contributed by atoms with Crippen LogP contribution in [0.25, 0.3) is 0 Å². The molecule has 6 rings (SSSR count). The number of amides is 2. The van der Waals surface area contributed by atoms with Gasteiger partial charge in [0.15, 0.2) is 16.9 Å². The lowest BCUT2D eigenvalue weighted by Gasteiger charge is -2.50. The Morgan fingerprint density at radius 2 is 1.98 bits per heavy atom. The number of nitrogens with one attached hydrogen (secondary N) is 3. The molecule has 270 valence electrons. The Kier molecular flexibility index (Phi) is 9.04. The summed E-state index contributed by atoms with van der Waals surface area (Å²) in [5, 5.41) is 30.5. The standard InChI is InChI=1S/C30H38N8O10S2/c1-29(2)23(26(40)38(29)48-50(43,44)45)36-25(39)22(19-12-49-28(33)35-19)37-47-30(3,27(41)42)21-9-5-13-10-14(4-8-20(13)46-21)24(32)34-18-7-6-17(31)15-11-16(15)18/h4,8,10,12,15-18,21,23H,5-7,9,11,31H2,1-3H3,(H2,32,34)(H2,33,35)(H,36,39)(H,41,42)(H,43,44,45)/t15-,16+,17-,18+,21?,23?,30?/m1/s1. The second-order valence-electron chi connectivity index (χ2n) is 13.6. The average molecular weight is 735 g/mol. The molecule has 2 aliphatic heterocycles. The Labute approximate surface area is 290 Å². The number of aromatic nitrogens is 1. The molecule has 7 atom stereocenters. The minimum absolute atomic E-state index is 0.0591. The molecule has 1 aromatic heterocycles. The number of benzene rings is 1. The Morgan fingerprint density at radius 3 is 2.62 bits per heavy atom. The molecule has 0 bridgehead atoms. The van der Waals surface area contributed by atoms with Crippen molar-refractivity contribution in [3.63, 3.8) is 0 Å². The average Bonchev–Trinajstić information content (AvgIpc) is 3.77. The molecule has 9 N–H and O–H groups in total. The van der Waals surface area contributed by atoms with E-state index in [-0.39, 0.29) is 29.3 Å². The summed E-state index contributed by atoms with van der Waals surface area (Å²) >= 11 is 0.966. The van der Waals surface area contributed by atoms with E-state index in [0.717, 1.165) is 36.2 Å². The van der Waals surface area contributed by atoms with E-state index in [1.165, 1.54) is 26.2 Å². The Morgan fingerprint density at radius 1 is 1.24 bits per heavy atom. The zero-order valence-electron chi connectivity index (χ0n) is 27.3. The van der Waals surface area contributed by atoms with Crippen LogP contribution in [-0.4, -0.2) is 92.8 Å². The van der Waals surface area contributed by atoms with Crippen molar-refractivity contribution in [2.75, 3.05) is 5.73 Å². The molecule has 1 aromatic carbocycles. The number of fused-ring (bicyclic) bond motifs is 2. The van der Waals surface area contributed by atoms with Crippen LogP contribution in [0.15, 0.2) is 28.7 Å². The summed E-state index contributed by atoms with van der Waals surface area (Å²) in [6.07, 6.45) is 2.45. The number of carboxylic acids is 1. The lowest BCUT2D eigenvalue weighted by Crippen LogP contribution is -2.76. The molecule has 0 spiro atoms. The molecular weight excluding hydrogens is 697 g/mol. The van der Waals surface area contributed by atoms with Crippen LogP contribution < -0.4 is 26.8 Å². The number of hydrogen-bond donors (Lipinski definition) is 7. The molecule has 3 fully saturated rings. The predicted octanol–water partition coefficient (Wildman–Crippen LogP) is 0.564. The van der Waals surface area contributed by atoms with Crippen molar-refractivity contribution >= 4 is 56.2 Å². The van der Waals surface area contributed by atoms with Gasteiger partial charge in [-0.3, -0.25) is 19.6 Å². The number of β-lactam (4-membered cyclic amide) rings is 1. The third-order valence-corrected chi connectivity index (χ3v) is 10.9. The van der Waals surface area contributed by atoms with Crippen molar-refractivity contribution in [3.05, 3.63) is 40.4 Å². The molecule has 1 saturated heterocycles. The first-order valence-electron chi connectivity index (χ1n) is 15.8. The zero-order chi connectivity index (χ0) is 36.3. The molecule has 2 aliphatic carbocycles. The molecule has 2 saturated carbocycles. The molecule has 2 amide bonds. The lowest BCUT2D eigenvalue weighted by molar-refractivity contribution is -0.218. The van der Waals surface area contributed by atoms with Gasteiger partial charge in [-0.25, -0.2) is 9.78 Å². The molecule has 3 heterocycles. The summed E-state index contributed by atoms with van der Waals surface area (Å²) in [5.74, 6) is -1.73. The van der Waals surface area contributed by atoms with Gasteiger partial charge in [-0.15, -0.1) is 15.6 Å². The fraction of sp³-hybridized carbons (Fsp3) is 0.533. The summed E-state index contributed by atoms with van der Waals surface area (Å²) in [4.78, 5) is 48.4. The minimum atomic E-state index is -5.03. The first-order chi connectivity index (χ1) is 23.4. The molecule has 4 aliphatic rings. The van der Waals surface area contributed by atoms with E-state index in [1.54, 1.807) is 12.1 Å². The van der Waals surface area contributed by atoms with Crippen molar-refractivity contribution < 1.29 is 46.3 Å². The topological polar surface area (TPSA) is 282 Å². The normalized spacial score (nSPS) is 28.1. The highest BCUT2D eigenvalue weighted by Gasteiger charge is 2.58. The van der Waals surface area contributed by atoms with Crippen LogP contribution in [-0.2, 0) is 40.3 Å². The van der Waals surface area contributed by atoms with Gasteiger partial charge in [-0.05, 0) is 88.5 Å². The number of carbonyl (C=O) groups excluding carboxylic acids is 2. The number of nitrogens with two attached hydrogens (primary N) is 2. The van der Waals surface area contributed by atoms with E-state index in [1.807, 2.05) is 6.07 Å². The maximum atomic E-state index is 13.5. The predicted molar refractivity (Wildman–Crippen MR) is 177 cm³/mol. The summed E-state index contributed by atoms with van der Waals surface area (Å²) in [6, 6.07) is 4.36. The summed E-state index contributed by atoms with van der Waals surface area (Å²) in [6.45, 7) is 3.99. The van der Waals surface area contributed by atoms with Gasteiger partial charge in [0.1, 0.15) is 23.3 Å². The van der Waals surface area contributed by atoms with E-state index >= 15 is 0 Å². The monoisotopic (exact) mass is 734 g/mol. The number of thiazole rings is 1. The number of ether oxygens (including phenoxy) is 1. The summed E-state index contributed by atoms with van der Waals surface area (Å²) < 4.78 is 41.8. The van der Waals surface area contributed by atoms with Crippen molar-refractivity contribution in [1.29, 1.82) is 5.41 Å². The molecule has 18 nitrogen and oxygen atoms in total. The van der Waals surface area contributed by atoms with Crippen LogP contribution >= 0.6 is 11.3 Å². The Hall–Kier alpha value is -4.37. The van der Waals surface area contributed by atoms with Gasteiger partial charge in [0.25, 0.3) is 17.4 Å². The number of hydrogen-bond acceptors (Lipinski definition) is 14. The number of hydroxylamine groups is 2. The van der Waals surface area contributed by atoms with E-state index in [2.05, 4.69) is 25.1 Å². The maximum absolute atomic E-state index is 13.5. The summed E-state index contributed by atoms with van der Waals surface area (Å²) in [7, 11) is -5.03. The van der Waals surface area contributed by atoms with Crippen LogP contribution in [0.4, 0.5) is 5.13 Å². The van der Waals surface area contributed by atoms with Crippen LogP contribution in [0.5, 0.6) is 5.75 Å². The molecule has 50 heavy (non-hydrogen) atoms. The SMILES string of the molecule is CC(ON=C(C(=O)NC1C(=O)N(OS(=O)(=O)O)C1(C)C)c1csc(N)n1)(C(=O)O)C1CCc2cc(C(=N)N[C@H]3CC[C@@H](N)[C@@H]4C[C@@H]43)ccc2O1. The molecular formula is C30H38N8O10S2. The van der Waals surface area contributed by atoms with Gasteiger partial charge in [-0.2, -0.15) is 13.5 Å². The number of carboxylic acid groups (broad SMARTS) is 1. The number of nitrogens with zero attached hydrogens (tertiary/aromatic N) is 3. The smallest absolute Gasteiger partial charge is 0.418 e. The van der Waals surface area contributed by atoms with Crippen molar-refractivity contribution in [2.24, 2.45) is 22.7 Å². The quantitative estimate of drug-likeness (QED) is 0.0546. The third-order valence-electron chi connectivity index (χ3n) is 9.86. The number of carbonyl (C=O) groups is 3. The number of aliphatic carboxylic acids is 1. The van der Waals surface area contributed by atoms with Crippen LogP contribution in [0.2, 0.25) is 0 Å². The minimum Gasteiger partial charge on any atom is -0.485 e. The van der Waals surface area contributed by atoms with Gasteiger partial charge in [0, 0.05) is 23.0 Å². The highest BCUT2D eigenvalue weighted by atomic mass is 32.3. The van der Waals surface area contributed by atoms with Gasteiger partial charge in [0.2, 0.25) is 0 Å². The van der Waals surface area contributed by atoms with Crippen molar-refractivity contribution in [3.8, 4) is 5.75 Å². The van der Waals surface area contributed by atoms with E-state index in [0.29, 0.717) is 40.5 Å². The highest BCUT2D eigenvalue weighted by molar-refractivity contribution is 7.80. The number of anilines is 1. The second-order valence-corrected chi connectivity index (χ2v) is 15.5. The van der Waals surface area contributed by atoms with Crippen LogP contribution in [0.1, 0.15) is 63.3 Å². The Bertz CT molecular complexity index is 1880. The van der Waals surface area contributed by atoms with Crippen LogP contribution in [0.3, 0.4) is 0 Å². The van der Waals surface area contributed by atoms with E-state index < -0.39 is 57.2 Å². The fourth-order valence-electron chi connectivity index (χ4n) is 6.77. The number of oxime groups is 1. The van der Waals surface area contributed by atoms with Gasteiger partial charge >= 0.3 is 16.4 Å². The van der Waals surface area contributed by atoms with E-state index in [9.17, 15) is 27.9 Å². The van der Waals surface area contributed by atoms with Crippen molar-refractivity contribution in [1.82, 2.24) is 20.7 Å². The number of nitrogen functional groups attached to an aromatic ring is 1. The number of rotatable bonds is 11. The van der Waals surface area contributed by atoms with Crippen molar-refractivity contribution in [2.45, 2.75) is 88.2 Å². The first-order valence-corrected chi connectivity index (χ1v) is 18.1. The third kappa shape index (κ3) is 6.72. The Balaban J connectivity index is 1.17. The molecule has 20 heteroatoms. The number of aryl methyl sites for hydroxylation is 1. The van der Waals surface area contributed by atoms with Gasteiger partial charge in [-0.1, -0.05) is 5.16 Å². The zero-order valence-corrected chi connectivity index (χ0v) is 28.9. The van der Waals surface area contributed by atoms with Gasteiger partial charge in [0.05, 0.1) is 5.54 Å². The summed E-state index contributed by atoms with van der Waals surface area (Å²) in [5.41, 5.74) is 9.25. The van der Waals surface area contributed by atoms with E-state index in [4.69, 9.17) is 31.0 Å².